The zero-order valence-electron chi connectivity index (χ0n) is 7.92. The summed E-state index contributed by atoms with van der Waals surface area (Å²) in [5.74, 6) is -0.347. The first-order chi connectivity index (χ1) is 7.15. The van der Waals surface area contributed by atoms with Crippen molar-refractivity contribution in [3.05, 3.63) is 39.9 Å². The van der Waals surface area contributed by atoms with E-state index < -0.39 is 0 Å². The summed E-state index contributed by atoms with van der Waals surface area (Å²) in [6, 6.07) is 3.39. The molecule has 2 aromatic rings. The molecule has 15 heavy (non-hydrogen) atoms. The number of aryl methyl sites for hydroxylation is 1. The maximum absolute atomic E-state index is 13.6. The van der Waals surface area contributed by atoms with E-state index in [9.17, 15) is 9.18 Å². The molecule has 0 spiro atoms. The molecule has 0 aliphatic carbocycles. The maximum Gasteiger partial charge on any atom is 0.168 e. The SMILES string of the molecule is Cc1c(C=O)ncc2c(F)c(Br)ccc12. The van der Waals surface area contributed by atoms with Crippen LogP contribution in [0.3, 0.4) is 0 Å². The Morgan fingerprint density at radius 1 is 1.40 bits per heavy atom. The van der Waals surface area contributed by atoms with Crippen molar-refractivity contribution in [2.45, 2.75) is 6.92 Å². The number of pyridine rings is 1. The van der Waals surface area contributed by atoms with Crippen LogP contribution in [0.5, 0.6) is 0 Å². The van der Waals surface area contributed by atoms with Crippen LogP contribution in [0.25, 0.3) is 10.8 Å². The quantitative estimate of drug-likeness (QED) is 0.743. The molecule has 76 valence electrons. The van der Waals surface area contributed by atoms with Gasteiger partial charge in [-0.15, -0.1) is 0 Å². The summed E-state index contributed by atoms with van der Waals surface area (Å²) in [5.41, 5.74) is 1.05. The molecule has 0 unspecified atom stereocenters. The predicted octanol–water partition coefficient (Wildman–Crippen LogP) is 3.26. The number of benzene rings is 1. The van der Waals surface area contributed by atoms with E-state index in [1.807, 2.05) is 0 Å². The first-order valence-corrected chi connectivity index (χ1v) is 5.13. The van der Waals surface area contributed by atoms with Crippen molar-refractivity contribution in [2.75, 3.05) is 0 Å². The third-order valence-corrected chi connectivity index (χ3v) is 2.98. The van der Waals surface area contributed by atoms with Gasteiger partial charge >= 0.3 is 0 Å². The Morgan fingerprint density at radius 3 is 2.80 bits per heavy atom. The molecule has 2 rings (SSSR count). The number of hydrogen-bond donors (Lipinski definition) is 0. The van der Waals surface area contributed by atoms with Gasteiger partial charge in [-0.1, -0.05) is 6.07 Å². The number of hydrogen-bond acceptors (Lipinski definition) is 2. The van der Waals surface area contributed by atoms with Gasteiger partial charge in [-0.3, -0.25) is 9.78 Å². The lowest BCUT2D eigenvalue weighted by Gasteiger charge is -2.05. The van der Waals surface area contributed by atoms with Crippen LogP contribution < -0.4 is 0 Å². The van der Waals surface area contributed by atoms with Gasteiger partial charge in [0, 0.05) is 11.6 Å². The van der Waals surface area contributed by atoms with Gasteiger partial charge in [-0.2, -0.15) is 0 Å². The molecular weight excluding hydrogens is 261 g/mol. The highest BCUT2D eigenvalue weighted by Crippen LogP contribution is 2.27. The molecule has 0 aliphatic rings. The number of fused-ring (bicyclic) bond motifs is 1. The molecule has 1 aromatic heterocycles. The third kappa shape index (κ3) is 1.55. The highest BCUT2D eigenvalue weighted by molar-refractivity contribution is 9.10. The molecule has 0 fully saturated rings. The Labute approximate surface area is 94.3 Å². The second-order valence-electron chi connectivity index (χ2n) is 3.21. The Bertz CT molecular complexity index is 554. The molecule has 4 heteroatoms. The normalized spacial score (nSPS) is 10.6. The highest BCUT2D eigenvalue weighted by Gasteiger charge is 2.09. The fourth-order valence-corrected chi connectivity index (χ4v) is 1.85. The zero-order valence-corrected chi connectivity index (χ0v) is 9.51. The standard InChI is InChI=1S/C11H7BrFNO/c1-6-7-2-3-9(12)11(13)8(7)4-14-10(6)5-15/h2-5H,1H3. The molecule has 0 radical (unpaired) electrons. The molecule has 2 nitrogen and oxygen atoms in total. The van der Waals surface area contributed by atoms with Gasteiger partial charge in [0.1, 0.15) is 11.5 Å². The van der Waals surface area contributed by atoms with Crippen LogP contribution in [0.2, 0.25) is 0 Å². The van der Waals surface area contributed by atoms with Gasteiger partial charge in [0.2, 0.25) is 0 Å². The molecule has 0 saturated carbocycles. The molecule has 0 saturated heterocycles. The predicted molar refractivity (Wildman–Crippen MR) is 59.5 cm³/mol. The fraction of sp³-hybridized carbons (Fsp3) is 0.0909. The van der Waals surface area contributed by atoms with E-state index in [2.05, 4.69) is 20.9 Å². The number of rotatable bonds is 1. The number of aromatic nitrogens is 1. The van der Waals surface area contributed by atoms with E-state index in [1.165, 1.54) is 6.20 Å². The maximum atomic E-state index is 13.6. The first-order valence-electron chi connectivity index (χ1n) is 4.33. The number of aldehydes is 1. The van der Waals surface area contributed by atoms with Crippen molar-refractivity contribution in [3.8, 4) is 0 Å². The smallest absolute Gasteiger partial charge is 0.168 e. The minimum absolute atomic E-state index is 0.347. The lowest BCUT2D eigenvalue weighted by atomic mass is 10.1. The average Bonchev–Trinajstić information content (AvgIpc) is 2.24. The topological polar surface area (TPSA) is 30.0 Å². The van der Waals surface area contributed by atoms with Crippen LogP contribution in [0.15, 0.2) is 22.8 Å². The van der Waals surface area contributed by atoms with Crippen molar-refractivity contribution in [1.82, 2.24) is 4.98 Å². The zero-order chi connectivity index (χ0) is 11.0. The Balaban J connectivity index is 2.91. The first kappa shape index (κ1) is 10.2. The van der Waals surface area contributed by atoms with Gasteiger partial charge < -0.3 is 0 Å². The van der Waals surface area contributed by atoms with Crippen molar-refractivity contribution in [3.63, 3.8) is 0 Å². The summed E-state index contributed by atoms with van der Waals surface area (Å²) >= 11 is 3.10. The van der Waals surface area contributed by atoms with Crippen molar-refractivity contribution in [2.24, 2.45) is 0 Å². The van der Waals surface area contributed by atoms with Crippen LogP contribution >= 0.6 is 15.9 Å². The van der Waals surface area contributed by atoms with E-state index in [0.29, 0.717) is 32.8 Å². The minimum atomic E-state index is -0.347. The molecule has 0 bridgehead atoms. The minimum Gasteiger partial charge on any atom is -0.296 e. The van der Waals surface area contributed by atoms with E-state index in [0.717, 1.165) is 0 Å². The van der Waals surface area contributed by atoms with Crippen LogP contribution in [0.4, 0.5) is 4.39 Å². The summed E-state index contributed by atoms with van der Waals surface area (Å²) in [5, 5.41) is 1.14. The van der Waals surface area contributed by atoms with Crippen molar-refractivity contribution >= 4 is 33.0 Å². The monoisotopic (exact) mass is 267 g/mol. The van der Waals surface area contributed by atoms with E-state index >= 15 is 0 Å². The van der Waals surface area contributed by atoms with Crippen LogP contribution in [-0.4, -0.2) is 11.3 Å². The van der Waals surface area contributed by atoms with Gasteiger partial charge in [0.05, 0.1) is 4.47 Å². The number of carbonyl (C=O) groups excluding carboxylic acids is 1. The Hall–Kier alpha value is -1.29. The Morgan fingerprint density at radius 2 is 2.13 bits per heavy atom. The average molecular weight is 268 g/mol. The number of nitrogens with zero attached hydrogens (tertiary/aromatic N) is 1. The summed E-state index contributed by atoms with van der Waals surface area (Å²) in [4.78, 5) is 14.6. The molecule has 1 aromatic carbocycles. The van der Waals surface area contributed by atoms with Gasteiger partial charge in [0.15, 0.2) is 6.29 Å². The second-order valence-corrected chi connectivity index (χ2v) is 4.06. The van der Waals surface area contributed by atoms with Gasteiger partial charge in [-0.25, -0.2) is 4.39 Å². The van der Waals surface area contributed by atoms with E-state index in [-0.39, 0.29) is 5.82 Å². The van der Waals surface area contributed by atoms with E-state index in [1.54, 1.807) is 19.1 Å². The summed E-state index contributed by atoms with van der Waals surface area (Å²) in [6.07, 6.45) is 2.06. The van der Waals surface area contributed by atoms with Crippen LogP contribution in [0, 0.1) is 12.7 Å². The summed E-state index contributed by atoms with van der Waals surface area (Å²) in [7, 11) is 0. The molecule has 0 atom stereocenters. The number of carbonyl (C=O) groups is 1. The molecule has 0 aliphatic heterocycles. The largest absolute Gasteiger partial charge is 0.296 e. The highest BCUT2D eigenvalue weighted by atomic mass is 79.9. The fourth-order valence-electron chi connectivity index (χ4n) is 1.51. The third-order valence-electron chi connectivity index (χ3n) is 2.37. The van der Waals surface area contributed by atoms with Gasteiger partial charge in [0.25, 0.3) is 0 Å². The number of halogens is 2. The molecule has 0 amide bonds. The second kappa shape index (κ2) is 3.70. The van der Waals surface area contributed by atoms with Gasteiger partial charge in [-0.05, 0) is 39.9 Å². The van der Waals surface area contributed by atoms with Crippen LogP contribution in [0.1, 0.15) is 16.1 Å². The molecular formula is C11H7BrFNO. The summed E-state index contributed by atoms with van der Waals surface area (Å²) in [6.45, 7) is 1.76. The lowest BCUT2D eigenvalue weighted by molar-refractivity contribution is 0.111. The summed E-state index contributed by atoms with van der Waals surface area (Å²) < 4.78 is 14.0. The Kier molecular flexibility index (Phi) is 2.52. The van der Waals surface area contributed by atoms with Crippen LogP contribution in [-0.2, 0) is 0 Å². The lowest BCUT2D eigenvalue weighted by Crippen LogP contribution is -1.94. The van der Waals surface area contributed by atoms with Crippen molar-refractivity contribution in [1.29, 1.82) is 0 Å². The van der Waals surface area contributed by atoms with Crippen molar-refractivity contribution < 1.29 is 9.18 Å². The molecule has 0 N–H and O–H groups in total. The van der Waals surface area contributed by atoms with E-state index in [4.69, 9.17) is 0 Å². The molecule has 1 heterocycles.